The molecule has 3 aromatic rings. The van der Waals surface area contributed by atoms with Crippen LogP contribution in [0, 0.1) is 19.3 Å². The van der Waals surface area contributed by atoms with E-state index in [1.807, 2.05) is 19.1 Å². The van der Waals surface area contributed by atoms with Gasteiger partial charge >= 0.3 is 5.97 Å². The molecule has 1 saturated heterocycles. The summed E-state index contributed by atoms with van der Waals surface area (Å²) in [5.41, 5.74) is 10.0. The van der Waals surface area contributed by atoms with Gasteiger partial charge in [-0.3, -0.25) is 14.7 Å². The van der Waals surface area contributed by atoms with Crippen molar-refractivity contribution in [2.75, 3.05) is 31.6 Å². The predicted molar refractivity (Wildman–Crippen MR) is 162 cm³/mol. The van der Waals surface area contributed by atoms with E-state index in [1.54, 1.807) is 7.11 Å². The number of halogens is 1. The highest BCUT2D eigenvalue weighted by Gasteiger charge is 2.30. The van der Waals surface area contributed by atoms with E-state index in [0.29, 0.717) is 10.4 Å². The largest absolute Gasteiger partial charge is 0.497 e. The van der Waals surface area contributed by atoms with Gasteiger partial charge in [-0.1, -0.05) is 43.6 Å². The minimum Gasteiger partial charge on any atom is -0.497 e. The average Bonchev–Trinajstić information content (AvgIpc) is 2.89. The zero-order valence-corrected chi connectivity index (χ0v) is 25.1. The number of anilines is 1. The molecule has 0 aliphatic carbocycles. The summed E-state index contributed by atoms with van der Waals surface area (Å²) in [6.45, 7) is 13.1. The number of carbonyl (C=O) groups is 1. The molecule has 1 N–H and O–H groups in total. The highest BCUT2D eigenvalue weighted by Crippen LogP contribution is 2.42. The first kappa shape index (κ1) is 28.4. The Morgan fingerprint density at radius 1 is 1.05 bits per heavy atom. The van der Waals surface area contributed by atoms with Gasteiger partial charge in [0, 0.05) is 60.3 Å². The van der Waals surface area contributed by atoms with E-state index in [4.69, 9.17) is 21.3 Å². The minimum absolute atomic E-state index is 0.0183. The Labute approximate surface area is 242 Å². The number of aryl methyl sites for hydroxylation is 2. The van der Waals surface area contributed by atoms with Crippen LogP contribution in [0.2, 0.25) is 5.02 Å². The maximum atomic E-state index is 11.9. The zero-order valence-electron chi connectivity index (χ0n) is 24.3. The quantitative estimate of drug-likeness (QED) is 0.341. The normalized spacial score (nSPS) is 17.0. The first-order chi connectivity index (χ1) is 19.0. The van der Waals surface area contributed by atoms with Gasteiger partial charge < -0.3 is 14.7 Å². The Morgan fingerprint density at radius 3 is 2.50 bits per heavy atom. The molecule has 2 aromatic carbocycles. The number of hydrogen-bond donors (Lipinski definition) is 1. The Balaban J connectivity index is 1.47. The van der Waals surface area contributed by atoms with E-state index >= 15 is 0 Å². The van der Waals surface area contributed by atoms with Crippen molar-refractivity contribution in [3.8, 4) is 16.9 Å². The molecule has 0 amide bonds. The lowest BCUT2D eigenvalue weighted by atomic mass is 9.82. The molecule has 6 nitrogen and oxygen atoms in total. The molecule has 0 radical (unpaired) electrons. The summed E-state index contributed by atoms with van der Waals surface area (Å²) in [7, 11) is 1.66. The Morgan fingerprint density at radius 2 is 1.80 bits per heavy atom. The fourth-order valence-electron chi connectivity index (χ4n) is 6.25. The summed E-state index contributed by atoms with van der Waals surface area (Å²) in [6.07, 6.45) is 3.10. The van der Waals surface area contributed by atoms with Crippen molar-refractivity contribution in [3.05, 3.63) is 75.1 Å². The van der Waals surface area contributed by atoms with Crippen LogP contribution in [0.3, 0.4) is 0 Å². The van der Waals surface area contributed by atoms with Crippen molar-refractivity contribution in [1.29, 1.82) is 0 Å². The summed E-state index contributed by atoms with van der Waals surface area (Å²) < 4.78 is 5.40. The van der Waals surface area contributed by atoms with E-state index in [0.717, 1.165) is 97.1 Å². The fraction of sp³-hybridized carbons (Fsp3) is 0.455. The monoisotopic (exact) mass is 561 g/mol. The van der Waals surface area contributed by atoms with Gasteiger partial charge in [-0.2, -0.15) is 0 Å². The van der Waals surface area contributed by atoms with E-state index < -0.39 is 5.97 Å². The van der Waals surface area contributed by atoms with Gasteiger partial charge in [-0.05, 0) is 79.0 Å². The first-order valence-corrected chi connectivity index (χ1v) is 14.6. The number of methoxy groups -OCH3 is 1. The standard InChI is InChI=1S/C33H40ClN3O3/c1-21-29(18-30(38)39)32(37-12-9-33(3,4)10-13-37)31(22(2)35-21)25-6-7-26-20-36(11-8-24(26)16-25)19-23-14-27(34)17-28(15-23)40-5/h6-7,14-17H,8-13,18-20H2,1-5H3,(H,38,39). The average molecular weight is 562 g/mol. The number of aliphatic carboxylic acids is 1. The molecule has 40 heavy (non-hydrogen) atoms. The minimum atomic E-state index is -0.818. The SMILES string of the molecule is COc1cc(Cl)cc(CN2CCc3cc(-c4c(C)nc(C)c(CC(=O)O)c4N4CCC(C)(C)CC4)ccc3C2)c1. The molecule has 2 aliphatic rings. The van der Waals surface area contributed by atoms with Crippen LogP contribution < -0.4 is 9.64 Å². The molecular weight excluding hydrogens is 522 g/mol. The first-order valence-electron chi connectivity index (χ1n) is 14.2. The van der Waals surface area contributed by atoms with Gasteiger partial charge in [0.15, 0.2) is 0 Å². The molecule has 0 bridgehead atoms. The van der Waals surface area contributed by atoms with Crippen LogP contribution >= 0.6 is 11.6 Å². The van der Waals surface area contributed by atoms with E-state index in [-0.39, 0.29) is 6.42 Å². The number of rotatable bonds is 7. The molecule has 0 saturated carbocycles. The fourth-order valence-corrected chi connectivity index (χ4v) is 6.50. The van der Waals surface area contributed by atoms with Gasteiger partial charge in [-0.15, -0.1) is 0 Å². The molecule has 0 unspecified atom stereocenters. The third-order valence-corrected chi connectivity index (χ3v) is 8.80. The molecule has 0 atom stereocenters. The van der Waals surface area contributed by atoms with Crippen LogP contribution in [0.25, 0.3) is 11.1 Å². The van der Waals surface area contributed by atoms with Crippen LogP contribution in [-0.2, 0) is 30.7 Å². The number of aromatic nitrogens is 1. The summed E-state index contributed by atoms with van der Waals surface area (Å²) >= 11 is 6.31. The van der Waals surface area contributed by atoms with Crippen molar-refractivity contribution in [3.63, 3.8) is 0 Å². The van der Waals surface area contributed by atoms with Crippen LogP contribution in [-0.4, -0.2) is 47.7 Å². The molecule has 3 heterocycles. The van der Waals surface area contributed by atoms with Crippen LogP contribution in [0.1, 0.15) is 60.3 Å². The van der Waals surface area contributed by atoms with Gasteiger partial charge in [-0.25, -0.2) is 0 Å². The number of fused-ring (bicyclic) bond motifs is 1. The topological polar surface area (TPSA) is 65.9 Å². The number of pyridine rings is 1. The number of nitrogens with zero attached hydrogens (tertiary/aromatic N) is 3. The molecule has 2 aliphatic heterocycles. The second kappa shape index (κ2) is 11.4. The Bertz CT molecular complexity index is 1420. The number of benzene rings is 2. The maximum Gasteiger partial charge on any atom is 0.307 e. The van der Waals surface area contributed by atoms with Gasteiger partial charge in [0.1, 0.15) is 5.75 Å². The Hall–Kier alpha value is -3.09. The number of piperidine rings is 1. The second-order valence-corrected chi connectivity index (χ2v) is 12.6. The van der Waals surface area contributed by atoms with Crippen molar-refractivity contribution in [2.45, 2.75) is 66.5 Å². The lowest BCUT2D eigenvalue weighted by Gasteiger charge is -2.40. The lowest BCUT2D eigenvalue weighted by Crippen LogP contribution is -2.38. The maximum absolute atomic E-state index is 11.9. The Kier molecular flexibility index (Phi) is 8.12. The summed E-state index contributed by atoms with van der Waals surface area (Å²) in [6, 6.07) is 12.7. The highest BCUT2D eigenvalue weighted by molar-refractivity contribution is 6.30. The number of ether oxygens (including phenoxy) is 1. The van der Waals surface area contributed by atoms with E-state index in [2.05, 4.69) is 54.8 Å². The predicted octanol–water partition coefficient (Wildman–Crippen LogP) is 6.84. The zero-order chi connectivity index (χ0) is 28.6. The van der Waals surface area contributed by atoms with Gasteiger partial charge in [0.2, 0.25) is 0 Å². The number of carboxylic acid groups (broad SMARTS) is 1. The third kappa shape index (κ3) is 6.13. The molecular formula is C33H40ClN3O3. The molecule has 212 valence electrons. The second-order valence-electron chi connectivity index (χ2n) is 12.2. The van der Waals surface area contributed by atoms with Crippen molar-refractivity contribution in [2.24, 2.45) is 5.41 Å². The summed E-state index contributed by atoms with van der Waals surface area (Å²) in [5.74, 6) is -0.0388. The summed E-state index contributed by atoms with van der Waals surface area (Å²) in [4.78, 5) is 21.7. The van der Waals surface area contributed by atoms with Gasteiger partial charge in [0.05, 0.1) is 19.2 Å². The van der Waals surface area contributed by atoms with Gasteiger partial charge in [0.25, 0.3) is 0 Å². The molecule has 7 heteroatoms. The van der Waals surface area contributed by atoms with Crippen molar-refractivity contribution >= 4 is 23.3 Å². The lowest BCUT2D eigenvalue weighted by molar-refractivity contribution is -0.136. The van der Waals surface area contributed by atoms with Crippen LogP contribution in [0.15, 0.2) is 36.4 Å². The van der Waals surface area contributed by atoms with Crippen LogP contribution in [0.5, 0.6) is 5.75 Å². The highest BCUT2D eigenvalue weighted by atomic mass is 35.5. The molecule has 1 aromatic heterocycles. The van der Waals surface area contributed by atoms with E-state index in [9.17, 15) is 9.90 Å². The molecule has 5 rings (SSSR count). The van der Waals surface area contributed by atoms with Crippen molar-refractivity contribution in [1.82, 2.24) is 9.88 Å². The number of carboxylic acids is 1. The molecule has 1 fully saturated rings. The van der Waals surface area contributed by atoms with Crippen LogP contribution in [0.4, 0.5) is 5.69 Å². The molecule has 0 spiro atoms. The third-order valence-electron chi connectivity index (χ3n) is 8.58. The van der Waals surface area contributed by atoms with Crippen molar-refractivity contribution < 1.29 is 14.6 Å². The number of hydrogen-bond acceptors (Lipinski definition) is 5. The smallest absolute Gasteiger partial charge is 0.307 e. The summed E-state index contributed by atoms with van der Waals surface area (Å²) in [5, 5.41) is 10.5. The van der Waals surface area contributed by atoms with E-state index in [1.165, 1.54) is 11.1 Å².